The topological polar surface area (TPSA) is 98.9 Å². The first kappa shape index (κ1) is 42.2. The molecule has 5 aliphatic rings. The lowest BCUT2D eigenvalue weighted by atomic mass is 9.93. The molecule has 13 rings (SSSR count). The van der Waals surface area contributed by atoms with Gasteiger partial charge < -0.3 is 0 Å². The van der Waals surface area contributed by atoms with E-state index in [4.69, 9.17) is 39.9 Å². The van der Waals surface area contributed by atoms with Crippen LogP contribution in [0.4, 0.5) is 0 Å². The Bertz CT molecular complexity index is 3330. The molecule has 72 heavy (non-hydrogen) atoms. The molecule has 5 aliphatic heterocycles. The minimum Gasteiger partial charge on any atom is -0.208 e. The van der Waals surface area contributed by atoms with E-state index in [1.54, 1.807) is 0 Å². The van der Waals surface area contributed by atoms with Gasteiger partial charge in [0.1, 0.15) is 0 Å². The average Bonchev–Trinajstić information content (AvgIpc) is 4.20. The van der Waals surface area contributed by atoms with Crippen LogP contribution in [0.3, 0.4) is 0 Å². The summed E-state index contributed by atoms with van der Waals surface area (Å²) in [7, 11) is 0. The highest BCUT2D eigenvalue weighted by Crippen LogP contribution is 2.43. The molecule has 8 aromatic carbocycles. The van der Waals surface area contributed by atoms with Crippen molar-refractivity contribution in [3.05, 3.63) is 287 Å². The van der Waals surface area contributed by atoms with Crippen molar-refractivity contribution in [1.82, 2.24) is 0 Å². The molecule has 0 atom stereocenters. The number of nitrogens with zero attached hydrogens (tertiary/aromatic N) is 8. The average molecular weight is 921 g/mol. The number of amidine groups is 8. The highest BCUT2D eigenvalue weighted by atomic mass is 15.1. The second-order valence-corrected chi connectivity index (χ2v) is 17.4. The van der Waals surface area contributed by atoms with Crippen LogP contribution >= 0.6 is 0 Å². The molecule has 8 aromatic rings. The first-order valence-corrected chi connectivity index (χ1v) is 23.9. The van der Waals surface area contributed by atoms with Gasteiger partial charge in [-0.05, 0) is 44.5 Å². The Morgan fingerprint density at radius 3 is 0.319 bits per heavy atom. The van der Waals surface area contributed by atoms with Crippen molar-refractivity contribution < 1.29 is 0 Å². The number of aliphatic imine (C=N–C) groups is 8. The molecule has 0 N–H and O–H groups in total. The van der Waals surface area contributed by atoms with E-state index in [-0.39, 0.29) is 0 Å². The Kier molecular flexibility index (Phi) is 10.7. The van der Waals surface area contributed by atoms with Crippen molar-refractivity contribution in [2.75, 3.05) is 0 Å². The number of hydrogen-bond donors (Lipinski definition) is 0. The summed E-state index contributed by atoms with van der Waals surface area (Å²) in [4.78, 5) is 44.2. The predicted molar refractivity (Wildman–Crippen MR) is 298 cm³/mol. The molecule has 0 fully saturated rings. The summed E-state index contributed by atoms with van der Waals surface area (Å²) in [5, 5.41) is 0. The molecule has 0 aliphatic carbocycles. The van der Waals surface area contributed by atoms with Crippen molar-refractivity contribution in [3.8, 4) is 0 Å². The van der Waals surface area contributed by atoms with Gasteiger partial charge >= 0.3 is 0 Å². The SMILES string of the molecule is c1ccc(C2=C(c3ccccc3)/C3=N/C4=NC(=N\C5=NC(=N\C6=NC(=N\C2=N3)/C(c2ccccc2)=C6c2ccccc2)/C(c2ccccc2)=C5c2ccccc2)/C(c2ccccc2)=C4c2ccccc2)cc1. The molecule has 8 nitrogen and oxygen atoms in total. The Balaban J connectivity index is 1.20. The quantitative estimate of drug-likeness (QED) is 0.145. The summed E-state index contributed by atoms with van der Waals surface area (Å²) in [5.41, 5.74) is 13.9. The maximum atomic E-state index is 5.58. The first-order chi connectivity index (χ1) is 35.7. The van der Waals surface area contributed by atoms with Crippen LogP contribution in [0.1, 0.15) is 44.5 Å². The van der Waals surface area contributed by atoms with Crippen LogP contribution in [-0.2, 0) is 0 Å². The molecule has 0 radical (unpaired) electrons. The fourth-order valence-corrected chi connectivity index (χ4v) is 9.82. The molecule has 0 saturated heterocycles. The zero-order valence-corrected chi connectivity index (χ0v) is 38.7. The van der Waals surface area contributed by atoms with Gasteiger partial charge in [0, 0.05) is 44.6 Å². The Morgan fingerprint density at radius 1 is 0.125 bits per heavy atom. The molecule has 0 amide bonds. The van der Waals surface area contributed by atoms with Crippen molar-refractivity contribution in [2.24, 2.45) is 39.9 Å². The maximum Gasteiger partial charge on any atom is 0.165 e. The van der Waals surface area contributed by atoms with Gasteiger partial charge in [-0.3, -0.25) is 0 Å². The van der Waals surface area contributed by atoms with Crippen LogP contribution in [0, 0.1) is 0 Å². The molecular formula is C64H40N8. The minimum absolute atomic E-state index is 0.456. The van der Waals surface area contributed by atoms with Crippen LogP contribution < -0.4 is 0 Å². The first-order valence-electron chi connectivity index (χ1n) is 23.9. The lowest BCUT2D eigenvalue weighted by Gasteiger charge is -2.12. The third-order valence-electron chi connectivity index (χ3n) is 13.0. The van der Waals surface area contributed by atoms with Crippen molar-refractivity contribution >= 4 is 91.3 Å². The van der Waals surface area contributed by atoms with Crippen molar-refractivity contribution in [1.29, 1.82) is 0 Å². The molecule has 8 bridgehead atoms. The number of rotatable bonds is 8. The highest BCUT2D eigenvalue weighted by Gasteiger charge is 2.37. The standard InChI is InChI=1S/C64H40N8/c1-9-25-41(26-10-1)49-50(42-27-11-2-12-28-42)58-65-57(49)69-59-51(43-29-13-3-14-30-43)52(44-31-15-4-16-32-44)61(66-59)71-63-55(47-37-21-7-22-38-47)56(48-39-23-8-24-40-48)64(68-63)72-62-54(46-35-19-6-20-36-46)53(60(67-62)70-58)45-33-17-5-18-34-45/h1-40H/b69-57-,69-59?,70-58?,70-60-,71-61-,71-63?,72-62?,72-64-. The molecule has 0 saturated carbocycles. The van der Waals surface area contributed by atoms with Crippen LogP contribution in [-0.4, -0.2) is 46.7 Å². The van der Waals surface area contributed by atoms with E-state index < -0.39 is 0 Å². The minimum atomic E-state index is 0.456. The number of fused-ring (bicyclic) bond motifs is 4. The van der Waals surface area contributed by atoms with Crippen molar-refractivity contribution in [3.63, 3.8) is 0 Å². The highest BCUT2D eigenvalue weighted by molar-refractivity contribution is 6.60. The number of benzene rings is 8. The van der Waals surface area contributed by atoms with E-state index in [9.17, 15) is 0 Å². The summed E-state index contributed by atoms with van der Waals surface area (Å²) >= 11 is 0. The Labute approximate surface area is 416 Å². The largest absolute Gasteiger partial charge is 0.208 e. The monoisotopic (exact) mass is 920 g/mol. The summed E-state index contributed by atoms with van der Waals surface area (Å²) in [6, 6.07) is 82.2. The smallest absolute Gasteiger partial charge is 0.165 e. The summed E-state index contributed by atoms with van der Waals surface area (Å²) in [6.07, 6.45) is 0. The summed E-state index contributed by atoms with van der Waals surface area (Å²) in [5.74, 6) is 3.65. The van der Waals surface area contributed by atoms with Gasteiger partial charge in [-0.2, -0.15) is 0 Å². The van der Waals surface area contributed by atoms with E-state index >= 15 is 0 Å². The van der Waals surface area contributed by atoms with E-state index in [0.717, 1.165) is 89.1 Å². The molecular weight excluding hydrogens is 881 g/mol. The number of hydrogen-bond acceptors (Lipinski definition) is 8. The third-order valence-corrected chi connectivity index (χ3v) is 13.0. The van der Waals surface area contributed by atoms with Gasteiger partial charge in [-0.15, -0.1) is 0 Å². The molecule has 0 spiro atoms. The molecule has 0 unspecified atom stereocenters. The Morgan fingerprint density at radius 2 is 0.222 bits per heavy atom. The summed E-state index contributed by atoms with van der Waals surface area (Å²) < 4.78 is 0. The summed E-state index contributed by atoms with van der Waals surface area (Å²) in [6.45, 7) is 0. The van der Waals surface area contributed by atoms with E-state index in [0.29, 0.717) is 46.7 Å². The van der Waals surface area contributed by atoms with Crippen LogP contribution in [0.15, 0.2) is 283 Å². The molecule has 336 valence electrons. The van der Waals surface area contributed by atoms with Crippen molar-refractivity contribution in [2.45, 2.75) is 0 Å². The van der Waals surface area contributed by atoms with Gasteiger partial charge in [0.25, 0.3) is 0 Å². The van der Waals surface area contributed by atoms with Gasteiger partial charge in [0.15, 0.2) is 46.7 Å². The van der Waals surface area contributed by atoms with Crippen LogP contribution in [0.25, 0.3) is 44.6 Å². The van der Waals surface area contributed by atoms with Crippen LogP contribution in [0.2, 0.25) is 0 Å². The second kappa shape index (κ2) is 18.2. The predicted octanol–water partition coefficient (Wildman–Crippen LogP) is 13.7. The van der Waals surface area contributed by atoms with E-state index in [1.165, 1.54) is 0 Å². The Hall–Kier alpha value is -9.92. The van der Waals surface area contributed by atoms with Gasteiger partial charge in [0.2, 0.25) is 0 Å². The van der Waals surface area contributed by atoms with Crippen LogP contribution in [0.5, 0.6) is 0 Å². The van der Waals surface area contributed by atoms with E-state index in [2.05, 4.69) is 97.1 Å². The van der Waals surface area contributed by atoms with E-state index in [1.807, 2.05) is 146 Å². The fourth-order valence-electron chi connectivity index (χ4n) is 9.82. The molecule has 0 aromatic heterocycles. The zero-order valence-electron chi connectivity index (χ0n) is 38.7. The second-order valence-electron chi connectivity index (χ2n) is 17.4. The lowest BCUT2D eigenvalue weighted by molar-refractivity contribution is 1.49. The maximum absolute atomic E-state index is 5.58. The fraction of sp³-hybridized carbons (Fsp3) is 0. The van der Waals surface area contributed by atoms with Gasteiger partial charge in [-0.25, -0.2) is 39.9 Å². The third kappa shape index (κ3) is 7.60. The normalized spacial score (nSPS) is 19.1. The molecule has 5 heterocycles. The van der Waals surface area contributed by atoms with Gasteiger partial charge in [0.05, 0.1) is 0 Å². The zero-order chi connectivity index (χ0) is 47.8. The molecule has 8 heteroatoms. The van der Waals surface area contributed by atoms with Gasteiger partial charge in [-0.1, -0.05) is 243 Å². The lowest BCUT2D eigenvalue weighted by Crippen LogP contribution is -2.05.